The van der Waals surface area contributed by atoms with Crippen molar-refractivity contribution >= 4 is 0 Å². The van der Waals surface area contributed by atoms with Crippen LogP contribution in [0.5, 0.6) is 0 Å². The van der Waals surface area contributed by atoms with E-state index in [-0.39, 0.29) is 0 Å². The van der Waals surface area contributed by atoms with Gasteiger partial charge < -0.3 is 5.11 Å². The molecule has 5 nitrogen and oxygen atoms in total. The Balaban J connectivity index is 2.45. The zero-order valence-corrected chi connectivity index (χ0v) is 11.0. The lowest BCUT2D eigenvalue weighted by Crippen LogP contribution is -2.12. The van der Waals surface area contributed by atoms with E-state index in [1.165, 1.54) is 0 Å². The number of aryl methyl sites for hydroxylation is 3. The van der Waals surface area contributed by atoms with E-state index in [9.17, 15) is 5.11 Å². The number of hydrogen-bond acceptors (Lipinski definition) is 4. The van der Waals surface area contributed by atoms with Crippen LogP contribution < -0.4 is 0 Å². The molecule has 96 valence electrons. The Morgan fingerprint density at radius 3 is 2.78 bits per heavy atom. The molecule has 2 aromatic rings. The van der Waals surface area contributed by atoms with Gasteiger partial charge in [0.15, 0.2) is 0 Å². The van der Waals surface area contributed by atoms with Gasteiger partial charge in [-0.25, -0.2) is 0 Å². The van der Waals surface area contributed by atoms with E-state index < -0.39 is 6.10 Å². The van der Waals surface area contributed by atoms with E-state index in [1.807, 2.05) is 32.9 Å². The summed E-state index contributed by atoms with van der Waals surface area (Å²) in [5.74, 6) is 0. The van der Waals surface area contributed by atoms with Crippen LogP contribution in [0.2, 0.25) is 0 Å². The third-order valence-corrected chi connectivity index (χ3v) is 2.98. The maximum Gasteiger partial charge on any atom is 0.123 e. The minimum absolute atomic E-state index is 0.698. The van der Waals surface area contributed by atoms with E-state index in [1.54, 1.807) is 10.9 Å². The Bertz CT molecular complexity index is 536. The number of hydrogen-bond donors (Lipinski definition) is 1. The van der Waals surface area contributed by atoms with Gasteiger partial charge in [-0.2, -0.15) is 15.3 Å². The number of aromatic nitrogens is 4. The van der Waals surface area contributed by atoms with Crippen molar-refractivity contribution in [2.45, 2.75) is 39.8 Å². The van der Waals surface area contributed by atoms with Crippen molar-refractivity contribution in [3.63, 3.8) is 0 Å². The molecule has 0 aliphatic carbocycles. The first-order valence-corrected chi connectivity index (χ1v) is 6.20. The van der Waals surface area contributed by atoms with Gasteiger partial charge in [-0.05, 0) is 32.4 Å². The van der Waals surface area contributed by atoms with Crippen LogP contribution in [-0.2, 0) is 13.0 Å². The zero-order valence-electron chi connectivity index (χ0n) is 11.0. The molecule has 0 spiro atoms. The van der Waals surface area contributed by atoms with E-state index in [2.05, 4.69) is 15.3 Å². The fraction of sp³-hybridized carbons (Fsp3) is 0.462. The molecule has 2 aromatic heterocycles. The van der Waals surface area contributed by atoms with Gasteiger partial charge in [0.2, 0.25) is 0 Å². The third kappa shape index (κ3) is 2.26. The first kappa shape index (κ1) is 12.7. The van der Waals surface area contributed by atoms with Gasteiger partial charge >= 0.3 is 0 Å². The predicted octanol–water partition coefficient (Wildman–Crippen LogP) is 1.65. The smallest absolute Gasteiger partial charge is 0.123 e. The largest absolute Gasteiger partial charge is 0.382 e. The maximum atomic E-state index is 10.5. The lowest BCUT2D eigenvalue weighted by Gasteiger charge is -2.15. The number of nitrogens with zero attached hydrogens (tertiary/aromatic N) is 4. The molecule has 0 aliphatic rings. The minimum Gasteiger partial charge on any atom is -0.382 e. The van der Waals surface area contributed by atoms with Gasteiger partial charge in [0.25, 0.3) is 0 Å². The Kier molecular flexibility index (Phi) is 3.72. The Morgan fingerprint density at radius 2 is 2.11 bits per heavy atom. The van der Waals surface area contributed by atoms with Crippen molar-refractivity contribution < 1.29 is 5.11 Å². The predicted molar refractivity (Wildman–Crippen MR) is 68.1 cm³/mol. The fourth-order valence-electron chi connectivity index (χ4n) is 2.04. The normalized spacial score (nSPS) is 12.7. The number of rotatable bonds is 4. The van der Waals surface area contributed by atoms with Gasteiger partial charge in [-0.3, -0.25) is 4.68 Å². The molecule has 5 heteroatoms. The number of aliphatic hydroxyl groups is 1. The molecular formula is C13H18N4O. The van der Waals surface area contributed by atoms with Crippen LogP contribution in [0, 0.1) is 6.92 Å². The van der Waals surface area contributed by atoms with Crippen molar-refractivity contribution in [2.24, 2.45) is 0 Å². The average molecular weight is 246 g/mol. The molecule has 18 heavy (non-hydrogen) atoms. The van der Waals surface area contributed by atoms with E-state index >= 15 is 0 Å². The molecule has 0 amide bonds. The Labute approximate surface area is 106 Å². The molecule has 0 aliphatic heterocycles. The second-order valence-corrected chi connectivity index (χ2v) is 4.22. The molecule has 2 heterocycles. The van der Waals surface area contributed by atoms with E-state index in [0.717, 1.165) is 35.6 Å². The van der Waals surface area contributed by atoms with Gasteiger partial charge in [0.1, 0.15) is 6.10 Å². The minimum atomic E-state index is -0.698. The van der Waals surface area contributed by atoms with Crippen molar-refractivity contribution in [3.05, 3.63) is 41.0 Å². The highest BCUT2D eigenvalue weighted by Gasteiger charge is 2.19. The molecule has 1 unspecified atom stereocenters. The number of aliphatic hydroxyl groups excluding tert-OH is 1. The lowest BCUT2D eigenvalue weighted by atomic mass is 10.0. The van der Waals surface area contributed by atoms with Crippen molar-refractivity contribution in [2.75, 3.05) is 0 Å². The summed E-state index contributed by atoms with van der Waals surface area (Å²) in [6.45, 7) is 6.62. The molecule has 2 rings (SSSR count). The SMILES string of the molecule is CCc1nnc(C)cc1C(O)c1ccnn1CC. The molecule has 0 bridgehead atoms. The molecule has 0 fully saturated rings. The summed E-state index contributed by atoms with van der Waals surface area (Å²) >= 11 is 0. The third-order valence-electron chi connectivity index (χ3n) is 2.98. The summed E-state index contributed by atoms with van der Waals surface area (Å²) in [6.07, 6.45) is 1.76. The van der Waals surface area contributed by atoms with Crippen molar-refractivity contribution in [3.8, 4) is 0 Å². The Morgan fingerprint density at radius 1 is 1.33 bits per heavy atom. The highest BCUT2D eigenvalue weighted by Crippen LogP contribution is 2.24. The van der Waals surface area contributed by atoms with Crippen LogP contribution in [0.25, 0.3) is 0 Å². The van der Waals surface area contributed by atoms with Gasteiger partial charge in [0, 0.05) is 18.3 Å². The summed E-state index contributed by atoms with van der Waals surface area (Å²) in [5.41, 5.74) is 3.25. The standard InChI is InChI=1S/C13H18N4O/c1-4-11-10(8-9(3)15-16-11)13(18)12-6-7-14-17(12)5-2/h6-8,13,18H,4-5H2,1-3H3. The first-order chi connectivity index (χ1) is 8.67. The van der Waals surface area contributed by atoms with Gasteiger partial charge in [-0.15, -0.1) is 0 Å². The zero-order chi connectivity index (χ0) is 13.1. The molecule has 0 saturated carbocycles. The summed E-state index contributed by atoms with van der Waals surface area (Å²) in [5, 5.41) is 22.9. The Hall–Kier alpha value is -1.75. The molecule has 1 atom stereocenters. The lowest BCUT2D eigenvalue weighted by molar-refractivity contribution is 0.206. The van der Waals surface area contributed by atoms with Crippen LogP contribution in [-0.4, -0.2) is 25.1 Å². The topological polar surface area (TPSA) is 63.8 Å². The van der Waals surface area contributed by atoms with Crippen LogP contribution in [0.4, 0.5) is 0 Å². The molecular weight excluding hydrogens is 228 g/mol. The quantitative estimate of drug-likeness (QED) is 0.890. The van der Waals surface area contributed by atoms with Crippen LogP contribution in [0.1, 0.15) is 42.6 Å². The summed E-state index contributed by atoms with van der Waals surface area (Å²) in [6, 6.07) is 3.73. The van der Waals surface area contributed by atoms with E-state index in [4.69, 9.17) is 0 Å². The van der Waals surface area contributed by atoms with Gasteiger partial charge in [-0.1, -0.05) is 6.92 Å². The van der Waals surface area contributed by atoms with Crippen molar-refractivity contribution in [1.82, 2.24) is 20.0 Å². The summed E-state index contributed by atoms with van der Waals surface area (Å²) in [4.78, 5) is 0. The maximum absolute atomic E-state index is 10.5. The molecule has 1 N–H and O–H groups in total. The van der Waals surface area contributed by atoms with E-state index in [0.29, 0.717) is 0 Å². The van der Waals surface area contributed by atoms with Crippen LogP contribution >= 0.6 is 0 Å². The molecule has 0 radical (unpaired) electrons. The average Bonchev–Trinajstić information content (AvgIpc) is 2.86. The monoisotopic (exact) mass is 246 g/mol. The molecule has 0 saturated heterocycles. The highest BCUT2D eigenvalue weighted by molar-refractivity contribution is 5.29. The van der Waals surface area contributed by atoms with Crippen molar-refractivity contribution in [1.29, 1.82) is 0 Å². The highest BCUT2D eigenvalue weighted by atomic mass is 16.3. The van der Waals surface area contributed by atoms with Crippen LogP contribution in [0.15, 0.2) is 18.3 Å². The fourth-order valence-corrected chi connectivity index (χ4v) is 2.04. The second-order valence-electron chi connectivity index (χ2n) is 4.22. The summed E-state index contributed by atoms with van der Waals surface area (Å²) < 4.78 is 1.79. The second kappa shape index (κ2) is 5.27. The van der Waals surface area contributed by atoms with Crippen LogP contribution in [0.3, 0.4) is 0 Å². The molecule has 0 aromatic carbocycles. The summed E-state index contributed by atoms with van der Waals surface area (Å²) in [7, 11) is 0. The first-order valence-electron chi connectivity index (χ1n) is 6.20. The van der Waals surface area contributed by atoms with Gasteiger partial charge in [0.05, 0.1) is 17.1 Å².